The van der Waals surface area contributed by atoms with Gasteiger partial charge in [-0.25, -0.2) is 8.42 Å². The van der Waals surface area contributed by atoms with E-state index in [1.165, 1.54) is 28.4 Å². The topological polar surface area (TPSA) is 93.2 Å². The summed E-state index contributed by atoms with van der Waals surface area (Å²) in [6, 6.07) is 6.21. The number of piperazine rings is 1. The van der Waals surface area contributed by atoms with Crippen LogP contribution in [0.15, 0.2) is 29.2 Å². The fourth-order valence-corrected chi connectivity index (χ4v) is 4.48. The van der Waals surface area contributed by atoms with Gasteiger partial charge >= 0.3 is 5.97 Å². The van der Waals surface area contributed by atoms with Crippen LogP contribution in [-0.4, -0.2) is 69.4 Å². The van der Waals surface area contributed by atoms with Crippen LogP contribution in [0.2, 0.25) is 0 Å². The van der Waals surface area contributed by atoms with Gasteiger partial charge < -0.3 is 14.4 Å². The lowest BCUT2D eigenvalue weighted by Gasteiger charge is -2.33. The summed E-state index contributed by atoms with van der Waals surface area (Å²) in [5, 5.41) is 0. The molecule has 2 atom stereocenters. The molecular formula is C18H24N2O6S. The first-order valence-corrected chi connectivity index (χ1v) is 10.4. The summed E-state index contributed by atoms with van der Waals surface area (Å²) >= 11 is 0. The number of methoxy groups -OCH3 is 1. The lowest BCUT2D eigenvalue weighted by atomic mass is 10.3. The van der Waals surface area contributed by atoms with Crippen LogP contribution in [0.3, 0.4) is 0 Å². The standard InChI is InChI=1S/C18H24N2O6S/c1-13-11-16(13)18(22)26-12-17(21)19-7-9-20(10-8-19)27(23,24)15-5-3-14(25-2)4-6-15/h3-6,13,16H,7-12H2,1-2H3/t13-,16+/m0/s1. The molecule has 1 aliphatic heterocycles. The van der Waals surface area contributed by atoms with Crippen molar-refractivity contribution < 1.29 is 27.5 Å². The lowest BCUT2D eigenvalue weighted by molar-refractivity contribution is -0.153. The number of hydrogen-bond donors (Lipinski definition) is 0. The van der Waals surface area contributed by atoms with Gasteiger partial charge in [0.2, 0.25) is 10.0 Å². The number of nitrogens with zero attached hydrogens (tertiary/aromatic N) is 2. The Morgan fingerprint density at radius 3 is 2.22 bits per heavy atom. The number of hydrogen-bond acceptors (Lipinski definition) is 6. The van der Waals surface area contributed by atoms with Crippen molar-refractivity contribution in [3.63, 3.8) is 0 Å². The quantitative estimate of drug-likeness (QED) is 0.658. The highest BCUT2D eigenvalue weighted by atomic mass is 32.2. The highest BCUT2D eigenvalue weighted by molar-refractivity contribution is 7.89. The zero-order chi connectivity index (χ0) is 19.6. The molecule has 148 valence electrons. The van der Waals surface area contributed by atoms with E-state index in [1.807, 2.05) is 6.92 Å². The van der Waals surface area contributed by atoms with E-state index in [0.717, 1.165) is 6.42 Å². The first-order valence-electron chi connectivity index (χ1n) is 8.91. The summed E-state index contributed by atoms with van der Waals surface area (Å²) in [6.07, 6.45) is 0.814. The monoisotopic (exact) mass is 396 g/mol. The Morgan fingerprint density at radius 2 is 1.70 bits per heavy atom. The minimum Gasteiger partial charge on any atom is -0.497 e. The second kappa shape index (κ2) is 7.85. The number of carbonyl (C=O) groups excluding carboxylic acids is 2. The fourth-order valence-electron chi connectivity index (χ4n) is 3.06. The summed E-state index contributed by atoms with van der Waals surface area (Å²) < 4.78 is 36.9. The fraction of sp³-hybridized carbons (Fsp3) is 0.556. The molecule has 0 radical (unpaired) electrons. The largest absolute Gasteiger partial charge is 0.497 e. The highest BCUT2D eigenvalue weighted by Gasteiger charge is 2.41. The van der Waals surface area contributed by atoms with Gasteiger partial charge in [0.25, 0.3) is 5.91 Å². The molecule has 1 aromatic rings. The number of esters is 1. The van der Waals surface area contributed by atoms with E-state index < -0.39 is 10.0 Å². The summed E-state index contributed by atoms with van der Waals surface area (Å²) in [7, 11) is -2.10. The van der Waals surface area contributed by atoms with Crippen molar-refractivity contribution in [3.8, 4) is 5.75 Å². The summed E-state index contributed by atoms with van der Waals surface area (Å²) in [5.74, 6) is 0.220. The van der Waals surface area contributed by atoms with E-state index in [0.29, 0.717) is 11.7 Å². The molecule has 1 saturated carbocycles. The van der Waals surface area contributed by atoms with E-state index in [9.17, 15) is 18.0 Å². The highest BCUT2D eigenvalue weighted by Crippen LogP contribution is 2.38. The zero-order valence-electron chi connectivity index (χ0n) is 15.5. The third-order valence-electron chi connectivity index (χ3n) is 5.04. The SMILES string of the molecule is COc1ccc(S(=O)(=O)N2CCN(C(=O)COC(=O)[C@@H]3C[C@@H]3C)CC2)cc1. The third kappa shape index (κ3) is 4.41. The third-order valence-corrected chi connectivity index (χ3v) is 6.95. The van der Waals surface area contributed by atoms with Gasteiger partial charge in [-0.1, -0.05) is 6.92 Å². The van der Waals surface area contributed by atoms with Gasteiger partial charge in [0.05, 0.1) is 17.9 Å². The van der Waals surface area contributed by atoms with Crippen LogP contribution in [0.4, 0.5) is 0 Å². The minimum absolute atomic E-state index is 0.0794. The zero-order valence-corrected chi connectivity index (χ0v) is 16.3. The van der Waals surface area contributed by atoms with E-state index in [1.54, 1.807) is 12.1 Å². The van der Waals surface area contributed by atoms with E-state index >= 15 is 0 Å². The van der Waals surface area contributed by atoms with Crippen LogP contribution in [0.5, 0.6) is 5.75 Å². The van der Waals surface area contributed by atoms with Crippen LogP contribution >= 0.6 is 0 Å². The number of ether oxygens (including phenoxy) is 2. The predicted octanol–water partition coefficient (Wildman–Crippen LogP) is 0.727. The Balaban J connectivity index is 1.51. The number of benzene rings is 1. The van der Waals surface area contributed by atoms with Crippen molar-refractivity contribution in [2.24, 2.45) is 11.8 Å². The molecule has 1 saturated heterocycles. The van der Waals surface area contributed by atoms with Crippen LogP contribution in [-0.2, 0) is 24.3 Å². The van der Waals surface area contributed by atoms with Gasteiger partial charge in [0.1, 0.15) is 5.75 Å². The van der Waals surface area contributed by atoms with Crippen molar-refractivity contribution in [1.29, 1.82) is 0 Å². The molecule has 27 heavy (non-hydrogen) atoms. The molecule has 1 amide bonds. The van der Waals surface area contributed by atoms with Crippen molar-refractivity contribution >= 4 is 21.9 Å². The van der Waals surface area contributed by atoms with Crippen molar-refractivity contribution in [2.75, 3.05) is 39.9 Å². The summed E-state index contributed by atoms with van der Waals surface area (Å²) in [6.45, 7) is 2.63. The maximum Gasteiger partial charge on any atom is 0.309 e. The number of carbonyl (C=O) groups is 2. The second-order valence-corrected chi connectivity index (χ2v) is 8.83. The number of amides is 1. The molecule has 2 fully saturated rings. The predicted molar refractivity (Wildman–Crippen MR) is 96.6 cm³/mol. The molecule has 1 heterocycles. The molecule has 1 aromatic carbocycles. The van der Waals surface area contributed by atoms with Crippen LogP contribution in [0.1, 0.15) is 13.3 Å². The van der Waals surface area contributed by atoms with Gasteiger partial charge in [-0.2, -0.15) is 4.31 Å². The molecule has 0 spiro atoms. The van der Waals surface area contributed by atoms with Crippen molar-refractivity contribution in [2.45, 2.75) is 18.2 Å². The molecule has 8 nitrogen and oxygen atoms in total. The van der Waals surface area contributed by atoms with Crippen molar-refractivity contribution in [1.82, 2.24) is 9.21 Å². The maximum absolute atomic E-state index is 12.7. The summed E-state index contributed by atoms with van der Waals surface area (Å²) in [5.41, 5.74) is 0. The van der Waals surface area contributed by atoms with Crippen LogP contribution in [0, 0.1) is 11.8 Å². The van der Waals surface area contributed by atoms with Gasteiger partial charge in [0, 0.05) is 26.2 Å². The smallest absolute Gasteiger partial charge is 0.309 e. The first-order chi connectivity index (χ1) is 12.8. The molecule has 1 aliphatic carbocycles. The molecular weight excluding hydrogens is 372 g/mol. The molecule has 0 N–H and O–H groups in total. The number of sulfonamides is 1. The molecule has 0 unspecified atom stereocenters. The summed E-state index contributed by atoms with van der Waals surface area (Å²) in [4.78, 5) is 25.6. The minimum atomic E-state index is -3.62. The molecule has 3 rings (SSSR count). The van der Waals surface area contributed by atoms with Gasteiger partial charge in [-0.15, -0.1) is 0 Å². The molecule has 0 aromatic heterocycles. The average Bonchev–Trinajstić information content (AvgIpc) is 3.42. The van der Waals surface area contributed by atoms with Gasteiger partial charge in [-0.05, 0) is 36.6 Å². The van der Waals surface area contributed by atoms with E-state index in [4.69, 9.17) is 9.47 Å². The van der Waals surface area contributed by atoms with Crippen LogP contribution < -0.4 is 4.74 Å². The second-order valence-electron chi connectivity index (χ2n) is 6.89. The van der Waals surface area contributed by atoms with E-state index in [-0.39, 0.29) is 55.5 Å². The van der Waals surface area contributed by atoms with Gasteiger partial charge in [-0.3, -0.25) is 9.59 Å². The molecule has 0 bridgehead atoms. The Hall–Kier alpha value is -2.13. The van der Waals surface area contributed by atoms with Crippen LogP contribution in [0.25, 0.3) is 0 Å². The Kier molecular flexibility index (Phi) is 5.71. The number of rotatable bonds is 6. The normalized spacial score (nSPS) is 23.0. The lowest BCUT2D eigenvalue weighted by Crippen LogP contribution is -2.51. The molecule has 2 aliphatic rings. The van der Waals surface area contributed by atoms with Crippen molar-refractivity contribution in [3.05, 3.63) is 24.3 Å². The Bertz CT molecular complexity index is 800. The van der Waals surface area contributed by atoms with E-state index in [2.05, 4.69) is 0 Å². The van der Waals surface area contributed by atoms with Gasteiger partial charge in [0.15, 0.2) is 6.61 Å². The maximum atomic E-state index is 12.7. The molecule has 9 heteroatoms. The Labute approximate surface area is 159 Å². The average molecular weight is 396 g/mol. The Morgan fingerprint density at radius 1 is 1.11 bits per heavy atom. The first kappa shape index (κ1) is 19.6.